The monoisotopic (exact) mass is 115 g/mol. The Kier molecular flexibility index (Phi) is 1.60. The molecule has 0 aliphatic carbocycles. The third-order valence-corrected chi connectivity index (χ3v) is 1.26. The van der Waals surface area contributed by atoms with E-state index in [4.69, 9.17) is 5.11 Å². The van der Waals surface area contributed by atoms with E-state index in [1.165, 1.54) is 0 Å². The predicted octanol–water partition coefficient (Wildman–Crippen LogP) is -1.09. The second-order valence-corrected chi connectivity index (χ2v) is 1.94. The summed E-state index contributed by atoms with van der Waals surface area (Å²) >= 11 is 0. The van der Waals surface area contributed by atoms with Crippen molar-refractivity contribution in [3.05, 3.63) is 0 Å². The number of carbonyl (C=O) groups is 1. The third kappa shape index (κ3) is 1.05. The molecular weight excluding hydrogens is 106 g/mol. The van der Waals surface area contributed by atoms with E-state index in [-0.39, 0.29) is 5.78 Å². The van der Waals surface area contributed by atoms with Crippen molar-refractivity contribution < 1.29 is 9.90 Å². The van der Waals surface area contributed by atoms with Gasteiger partial charge in [0.15, 0.2) is 5.78 Å². The van der Waals surface area contributed by atoms with Crippen molar-refractivity contribution in [3.63, 3.8) is 0 Å². The lowest BCUT2D eigenvalue weighted by atomic mass is 10.1. The van der Waals surface area contributed by atoms with E-state index >= 15 is 0 Å². The summed E-state index contributed by atoms with van der Waals surface area (Å²) in [6.45, 7) is 1.15. The molecule has 1 heterocycles. The molecule has 3 nitrogen and oxygen atoms in total. The Morgan fingerprint density at radius 3 is 2.88 bits per heavy atom. The van der Waals surface area contributed by atoms with Crippen LogP contribution in [0.25, 0.3) is 0 Å². The quantitative estimate of drug-likeness (QED) is 0.421. The molecule has 1 aliphatic rings. The second kappa shape index (κ2) is 2.24. The molecule has 0 saturated carbocycles. The molecule has 0 radical (unpaired) electrons. The van der Waals surface area contributed by atoms with Gasteiger partial charge in [0.1, 0.15) is 6.10 Å². The first-order chi connectivity index (χ1) is 3.80. The summed E-state index contributed by atoms with van der Waals surface area (Å²) in [6.07, 6.45) is -0.273. The van der Waals surface area contributed by atoms with Crippen molar-refractivity contribution in [1.29, 1.82) is 0 Å². The van der Waals surface area contributed by atoms with Crippen LogP contribution < -0.4 is 5.32 Å². The molecule has 1 rings (SSSR count). The van der Waals surface area contributed by atoms with Crippen LogP contribution in [0, 0.1) is 0 Å². The second-order valence-electron chi connectivity index (χ2n) is 1.94. The van der Waals surface area contributed by atoms with Crippen LogP contribution in [0.4, 0.5) is 0 Å². The van der Waals surface area contributed by atoms with Crippen LogP contribution in [0.5, 0.6) is 0 Å². The maximum atomic E-state index is 10.5. The Hall–Kier alpha value is -0.410. The van der Waals surface area contributed by atoms with Crippen molar-refractivity contribution in [1.82, 2.24) is 5.32 Å². The third-order valence-electron chi connectivity index (χ3n) is 1.26. The van der Waals surface area contributed by atoms with Gasteiger partial charge in [0.2, 0.25) is 0 Å². The maximum Gasteiger partial charge on any atom is 0.163 e. The highest BCUT2D eigenvalue weighted by Gasteiger charge is 2.17. The molecule has 3 heteroatoms. The number of hydrogen-bond acceptors (Lipinski definition) is 3. The van der Waals surface area contributed by atoms with Gasteiger partial charge in [-0.1, -0.05) is 0 Å². The number of aliphatic hydroxyl groups is 1. The number of Topliss-reactive ketones (excluding diaryl/α,β-unsaturated/α-hetero) is 1. The lowest BCUT2D eigenvalue weighted by Crippen LogP contribution is -2.40. The maximum absolute atomic E-state index is 10.5. The number of hydrogen-bond donors (Lipinski definition) is 2. The average Bonchev–Trinajstić information content (AvgIpc) is 1.77. The van der Waals surface area contributed by atoms with E-state index in [0.29, 0.717) is 13.0 Å². The van der Waals surface area contributed by atoms with Gasteiger partial charge in [0, 0.05) is 19.5 Å². The number of ketones is 1. The van der Waals surface area contributed by atoms with Gasteiger partial charge in [-0.15, -0.1) is 0 Å². The van der Waals surface area contributed by atoms with Crippen LogP contribution in [0.1, 0.15) is 6.42 Å². The van der Waals surface area contributed by atoms with Crippen LogP contribution in [0.3, 0.4) is 0 Å². The molecule has 0 aromatic rings. The van der Waals surface area contributed by atoms with Gasteiger partial charge in [-0.3, -0.25) is 4.79 Å². The highest BCUT2D eigenvalue weighted by Crippen LogP contribution is 1.94. The first kappa shape index (κ1) is 5.72. The number of carbonyl (C=O) groups excluding carboxylic acids is 1. The lowest BCUT2D eigenvalue weighted by Gasteiger charge is -2.15. The van der Waals surface area contributed by atoms with E-state index in [1.54, 1.807) is 0 Å². The first-order valence-electron chi connectivity index (χ1n) is 2.72. The number of nitrogens with one attached hydrogen (secondary N) is 1. The molecule has 1 unspecified atom stereocenters. The summed E-state index contributed by atoms with van der Waals surface area (Å²) in [6, 6.07) is 0. The molecule has 0 aromatic carbocycles. The SMILES string of the molecule is O=C1CCNCC1O. The van der Waals surface area contributed by atoms with E-state index in [1.807, 2.05) is 0 Å². The van der Waals surface area contributed by atoms with Gasteiger partial charge in [0.05, 0.1) is 0 Å². The Bertz CT molecular complexity index is 103. The van der Waals surface area contributed by atoms with E-state index in [2.05, 4.69) is 5.32 Å². The minimum absolute atomic E-state index is 0.0382. The Balaban J connectivity index is 2.39. The Morgan fingerprint density at radius 1 is 1.75 bits per heavy atom. The molecule has 1 aliphatic heterocycles. The Labute approximate surface area is 47.7 Å². The topological polar surface area (TPSA) is 49.3 Å². The molecule has 1 fully saturated rings. The highest BCUT2D eigenvalue weighted by molar-refractivity contribution is 5.83. The van der Waals surface area contributed by atoms with Crippen molar-refractivity contribution in [2.75, 3.05) is 13.1 Å². The van der Waals surface area contributed by atoms with Crippen molar-refractivity contribution in [2.24, 2.45) is 0 Å². The molecule has 1 saturated heterocycles. The molecule has 0 amide bonds. The number of piperidine rings is 1. The number of rotatable bonds is 0. The molecular formula is C5H9NO2. The van der Waals surface area contributed by atoms with Gasteiger partial charge in [-0.25, -0.2) is 0 Å². The van der Waals surface area contributed by atoms with Crippen molar-refractivity contribution in [3.8, 4) is 0 Å². The normalized spacial score (nSPS) is 30.6. The van der Waals surface area contributed by atoms with Gasteiger partial charge >= 0.3 is 0 Å². The molecule has 2 N–H and O–H groups in total. The molecule has 8 heavy (non-hydrogen) atoms. The predicted molar refractivity (Wildman–Crippen MR) is 28.5 cm³/mol. The summed E-state index contributed by atoms with van der Waals surface area (Å²) in [5.74, 6) is -0.0382. The van der Waals surface area contributed by atoms with Crippen LogP contribution in [0.15, 0.2) is 0 Å². The van der Waals surface area contributed by atoms with Gasteiger partial charge < -0.3 is 10.4 Å². The van der Waals surface area contributed by atoms with Crippen molar-refractivity contribution >= 4 is 5.78 Å². The van der Waals surface area contributed by atoms with Crippen molar-refractivity contribution in [2.45, 2.75) is 12.5 Å². The van der Waals surface area contributed by atoms with E-state index in [0.717, 1.165) is 6.54 Å². The van der Waals surface area contributed by atoms with Gasteiger partial charge in [-0.2, -0.15) is 0 Å². The smallest absolute Gasteiger partial charge is 0.163 e. The molecule has 1 atom stereocenters. The molecule has 46 valence electrons. The lowest BCUT2D eigenvalue weighted by molar-refractivity contribution is -0.128. The first-order valence-corrected chi connectivity index (χ1v) is 2.72. The zero-order chi connectivity index (χ0) is 5.98. The summed E-state index contributed by atoms with van der Waals surface area (Å²) < 4.78 is 0. The summed E-state index contributed by atoms with van der Waals surface area (Å²) in [5, 5.41) is 11.7. The van der Waals surface area contributed by atoms with E-state index < -0.39 is 6.10 Å². The summed E-state index contributed by atoms with van der Waals surface area (Å²) in [5.41, 5.74) is 0. The minimum Gasteiger partial charge on any atom is -0.384 e. The minimum atomic E-state index is -0.747. The Morgan fingerprint density at radius 2 is 2.50 bits per heavy atom. The standard InChI is InChI=1S/C5H9NO2/c7-4-1-2-6-3-5(4)8/h5-6,8H,1-3H2. The highest BCUT2D eigenvalue weighted by atomic mass is 16.3. The fraction of sp³-hybridized carbons (Fsp3) is 0.800. The van der Waals surface area contributed by atoms with E-state index in [9.17, 15) is 4.79 Å². The van der Waals surface area contributed by atoms with Gasteiger partial charge in [-0.05, 0) is 0 Å². The van der Waals surface area contributed by atoms with Crippen LogP contribution in [0.2, 0.25) is 0 Å². The fourth-order valence-electron chi connectivity index (χ4n) is 0.731. The molecule has 0 spiro atoms. The largest absolute Gasteiger partial charge is 0.384 e. The van der Waals surface area contributed by atoms with Crippen LogP contribution in [-0.4, -0.2) is 30.1 Å². The fourth-order valence-corrected chi connectivity index (χ4v) is 0.731. The number of aliphatic hydroxyl groups excluding tert-OH is 1. The van der Waals surface area contributed by atoms with Crippen LogP contribution >= 0.6 is 0 Å². The summed E-state index contributed by atoms with van der Waals surface area (Å²) in [7, 11) is 0. The average molecular weight is 115 g/mol. The number of β-amino-alcohol motifs (C(OH)–C–C–N with tert-alkyl or cyclic N) is 1. The molecule has 0 bridgehead atoms. The summed E-state index contributed by atoms with van der Waals surface area (Å²) in [4.78, 5) is 10.5. The van der Waals surface area contributed by atoms with Crippen LogP contribution in [-0.2, 0) is 4.79 Å². The zero-order valence-corrected chi connectivity index (χ0v) is 4.55. The van der Waals surface area contributed by atoms with Gasteiger partial charge in [0.25, 0.3) is 0 Å². The molecule has 0 aromatic heterocycles. The zero-order valence-electron chi connectivity index (χ0n) is 4.55.